The zero-order chi connectivity index (χ0) is 13.0. The van der Waals surface area contributed by atoms with Crippen LogP contribution >= 0.6 is 0 Å². The third-order valence-corrected chi connectivity index (χ3v) is 2.71. The maximum atomic E-state index is 12.2. The Morgan fingerprint density at radius 3 is 2.41 bits per heavy atom. The van der Waals surface area contributed by atoms with E-state index in [9.17, 15) is 14.9 Å². The Kier molecular flexibility index (Phi) is 4.20. The number of carbonyl (C=O) groups is 1. The summed E-state index contributed by atoms with van der Waals surface area (Å²) in [5.41, 5.74) is 0.708. The second-order valence-corrected chi connectivity index (χ2v) is 3.70. The van der Waals surface area contributed by atoms with Gasteiger partial charge < -0.3 is 4.90 Å². The van der Waals surface area contributed by atoms with Gasteiger partial charge in [0.05, 0.1) is 4.92 Å². The van der Waals surface area contributed by atoms with Crippen molar-refractivity contribution in [1.82, 2.24) is 4.90 Å². The maximum absolute atomic E-state index is 12.2. The summed E-state index contributed by atoms with van der Waals surface area (Å²) in [7, 11) is 0. The summed E-state index contributed by atoms with van der Waals surface area (Å²) in [6.07, 6.45) is 0. The molecule has 0 bridgehead atoms. The average Bonchev–Trinajstić information content (AvgIpc) is 2.29. The van der Waals surface area contributed by atoms with E-state index in [-0.39, 0.29) is 17.2 Å². The van der Waals surface area contributed by atoms with Gasteiger partial charge >= 0.3 is 0 Å². The lowest BCUT2D eigenvalue weighted by molar-refractivity contribution is -0.385. The van der Waals surface area contributed by atoms with Gasteiger partial charge in [-0.1, -0.05) is 12.1 Å². The molecule has 0 aliphatic rings. The fourth-order valence-electron chi connectivity index (χ4n) is 1.75. The molecule has 1 aromatic rings. The molecule has 1 aromatic carbocycles. The van der Waals surface area contributed by atoms with Crippen LogP contribution in [-0.2, 0) is 0 Å². The molecule has 17 heavy (non-hydrogen) atoms. The lowest BCUT2D eigenvalue weighted by Gasteiger charge is -2.19. The fraction of sp³-hybridized carbons (Fsp3) is 0.417. The first kappa shape index (κ1) is 13.2. The number of amides is 1. The van der Waals surface area contributed by atoms with Crippen LogP contribution in [0.5, 0.6) is 0 Å². The maximum Gasteiger partial charge on any atom is 0.282 e. The first-order valence-corrected chi connectivity index (χ1v) is 5.56. The van der Waals surface area contributed by atoms with Crippen LogP contribution in [0.25, 0.3) is 0 Å². The first-order chi connectivity index (χ1) is 8.02. The van der Waals surface area contributed by atoms with E-state index in [0.29, 0.717) is 18.7 Å². The minimum absolute atomic E-state index is 0.123. The lowest BCUT2D eigenvalue weighted by Crippen LogP contribution is -2.31. The summed E-state index contributed by atoms with van der Waals surface area (Å²) in [5.74, 6) is -0.278. The molecule has 0 aliphatic carbocycles. The Bertz CT molecular complexity index is 439. The van der Waals surface area contributed by atoms with E-state index in [2.05, 4.69) is 0 Å². The molecular weight excluding hydrogens is 220 g/mol. The molecule has 0 saturated carbocycles. The highest BCUT2D eigenvalue weighted by Gasteiger charge is 2.24. The van der Waals surface area contributed by atoms with Crippen LogP contribution in [0, 0.1) is 17.0 Å². The molecule has 5 nitrogen and oxygen atoms in total. The highest BCUT2D eigenvalue weighted by atomic mass is 16.6. The number of rotatable bonds is 4. The Labute approximate surface area is 100 Å². The number of carbonyl (C=O) groups excluding carboxylic acids is 1. The molecule has 0 aliphatic heterocycles. The molecule has 0 aromatic heterocycles. The summed E-state index contributed by atoms with van der Waals surface area (Å²) in [5, 5.41) is 10.9. The third-order valence-electron chi connectivity index (χ3n) is 2.71. The topological polar surface area (TPSA) is 63.5 Å². The van der Waals surface area contributed by atoms with Gasteiger partial charge in [-0.25, -0.2) is 0 Å². The van der Waals surface area contributed by atoms with Crippen molar-refractivity contribution in [3.63, 3.8) is 0 Å². The minimum Gasteiger partial charge on any atom is -0.339 e. The van der Waals surface area contributed by atoms with Gasteiger partial charge in [-0.15, -0.1) is 0 Å². The van der Waals surface area contributed by atoms with Crippen molar-refractivity contribution < 1.29 is 9.72 Å². The second kappa shape index (κ2) is 5.43. The Hall–Kier alpha value is -1.91. The average molecular weight is 236 g/mol. The van der Waals surface area contributed by atoms with E-state index in [0.717, 1.165) is 0 Å². The molecule has 0 spiro atoms. The highest BCUT2D eigenvalue weighted by Crippen LogP contribution is 2.23. The quantitative estimate of drug-likeness (QED) is 0.595. The monoisotopic (exact) mass is 236 g/mol. The van der Waals surface area contributed by atoms with E-state index in [4.69, 9.17) is 0 Å². The minimum atomic E-state index is -0.510. The molecule has 0 heterocycles. The fourth-order valence-corrected chi connectivity index (χ4v) is 1.75. The molecule has 92 valence electrons. The standard InChI is InChI=1S/C12H16N2O3/c1-4-13(5-2)12(15)11-9(3)7-6-8-10(11)14(16)17/h6-8H,4-5H2,1-3H3. The third kappa shape index (κ3) is 2.61. The molecular formula is C12H16N2O3. The van der Waals surface area contributed by atoms with E-state index < -0.39 is 4.92 Å². The Morgan fingerprint density at radius 1 is 1.35 bits per heavy atom. The van der Waals surface area contributed by atoms with Crippen LogP contribution in [0.3, 0.4) is 0 Å². The van der Waals surface area contributed by atoms with Crippen molar-refractivity contribution in [2.24, 2.45) is 0 Å². The van der Waals surface area contributed by atoms with Gasteiger partial charge in [0, 0.05) is 19.2 Å². The summed E-state index contributed by atoms with van der Waals surface area (Å²) in [4.78, 5) is 24.2. The van der Waals surface area contributed by atoms with E-state index >= 15 is 0 Å². The number of hydrogen-bond acceptors (Lipinski definition) is 3. The molecule has 5 heteroatoms. The van der Waals surface area contributed by atoms with Crippen molar-refractivity contribution >= 4 is 11.6 Å². The summed E-state index contributed by atoms with van der Waals surface area (Å²) in [6.45, 7) is 6.50. The molecule has 0 N–H and O–H groups in total. The van der Waals surface area contributed by atoms with E-state index in [1.54, 1.807) is 24.0 Å². The van der Waals surface area contributed by atoms with Crippen LogP contribution in [0.15, 0.2) is 18.2 Å². The molecule has 0 atom stereocenters. The zero-order valence-electron chi connectivity index (χ0n) is 10.3. The van der Waals surface area contributed by atoms with Gasteiger partial charge in [0.1, 0.15) is 5.56 Å². The van der Waals surface area contributed by atoms with Crippen molar-refractivity contribution in [2.45, 2.75) is 20.8 Å². The van der Waals surface area contributed by atoms with Crippen LogP contribution < -0.4 is 0 Å². The first-order valence-electron chi connectivity index (χ1n) is 5.56. The van der Waals surface area contributed by atoms with Crippen LogP contribution in [0.4, 0.5) is 5.69 Å². The smallest absolute Gasteiger partial charge is 0.282 e. The molecule has 0 radical (unpaired) electrons. The van der Waals surface area contributed by atoms with Crippen molar-refractivity contribution in [2.75, 3.05) is 13.1 Å². The lowest BCUT2D eigenvalue weighted by atomic mass is 10.1. The van der Waals surface area contributed by atoms with Gasteiger partial charge in [0.15, 0.2) is 0 Å². The number of aryl methyl sites for hydroxylation is 1. The van der Waals surface area contributed by atoms with Crippen LogP contribution in [-0.4, -0.2) is 28.8 Å². The predicted molar refractivity (Wildman–Crippen MR) is 65.1 cm³/mol. The molecule has 0 saturated heterocycles. The SMILES string of the molecule is CCN(CC)C(=O)c1c(C)cccc1[N+](=O)[O-]. The predicted octanol–water partition coefficient (Wildman–Crippen LogP) is 2.39. The normalized spacial score (nSPS) is 10.1. The van der Waals surface area contributed by atoms with Gasteiger partial charge in [0.2, 0.25) is 0 Å². The Morgan fingerprint density at radius 2 is 1.94 bits per heavy atom. The van der Waals surface area contributed by atoms with Crippen LogP contribution in [0.2, 0.25) is 0 Å². The zero-order valence-corrected chi connectivity index (χ0v) is 10.3. The summed E-state index contributed by atoms with van der Waals surface area (Å²) in [6, 6.07) is 4.67. The molecule has 0 unspecified atom stereocenters. The van der Waals surface area contributed by atoms with E-state index in [1.165, 1.54) is 6.07 Å². The van der Waals surface area contributed by atoms with Gasteiger partial charge in [-0.2, -0.15) is 0 Å². The largest absolute Gasteiger partial charge is 0.339 e. The van der Waals surface area contributed by atoms with Crippen molar-refractivity contribution in [3.05, 3.63) is 39.4 Å². The van der Waals surface area contributed by atoms with Crippen molar-refractivity contribution in [3.8, 4) is 0 Å². The Balaban J connectivity index is 3.29. The van der Waals surface area contributed by atoms with Crippen LogP contribution in [0.1, 0.15) is 29.8 Å². The summed E-state index contributed by atoms with van der Waals surface area (Å²) >= 11 is 0. The van der Waals surface area contributed by atoms with Gasteiger partial charge in [-0.3, -0.25) is 14.9 Å². The number of nitrogens with zero attached hydrogens (tertiary/aromatic N) is 2. The van der Waals surface area contributed by atoms with E-state index in [1.807, 2.05) is 13.8 Å². The van der Waals surface area contributed by atoms with Gasteiger partial charge in [0.25, 0.3) is 11.6 Å². The molecule has 1 rings (SSSR count). The van der Waals surface area contributed by atoms with Gasteiger partial charge in [-0.05, 0) is 26.3 Å². The molecule has 1 amide bonds. The molecule has 0 fully saturated rings. The number of benzene rings is 1. The number of hydrogen-bond donors (Lipinski definition) is 0. The highest BCUT2D eigenvalue weighted by molar-refractivity contribution is 5.99. The second-order valence-electron chi connectivity index (χ2n) is 3.70. The number of nitro benzene ring substituents is 1. The summed E-state index contributed by atoms with van der Waals surface area (Å²) < 4.78 is 0. The van der Waals surface area contributed by atoms with Crippen molar-refractivity contribution in [1.29, 1.82) is 0 Å². The number of nitro groups is 1.